The zero-order valence-corrected chi connectivity index (χ0v) is 15.5. The molecule has 0 unspecified atom stereocenters. The van der Waals surface area contributed by atoms with Gasteiger partial charge in [0.1, 0.15) is 17.4 Å². The quantitative estimate of drug-likeness (QED) is 0.449. The van der Waals surface area contributed by atoms with Gasteiger partial charge in [-0.25, -0.2) is 9.97 Å². The zero-order valence-electron chi connectivity index (χ0n) is 14.7. The van der Waals surface area contributed by atoms with E-state index in [0.717, 1.165) is 24.8 Å². The summed E-state index contributed by atoms with van der Waals surface area (Å²) in [5.74, 6) is -0.669. The van der Waals surface area contributed by atoms with E-state index in [9.17, 15) is 17.6 Å². The second-order valence-corrected chi connectivity index (χ2v) is 7.09. The van der Waals surface area contributed by atoms with Gasteiger partial charge < -0.3 is 4.90 Å². The summed E-state index contributed by atoms with van der Waals surface area (Å²) in [5.41, 5.74) is -2.40. The predicted molar refractivity (Wildman–Crippen MR) is 100 cm³/mol. The maximum atomic E-state index is 13.4. The van der Waals surface area contributed by atoms with Crippen molar-refractivity contribution < 1.29 is 17.6 Å². The lowest BCUT2D eigenvalue weighted by Crippen LogP contribution is -2.55. The number of nitriles is 1. The van der Waals surface area contributed by atoms with Gasteiger partial charge in [0.25, 0.3) is 0 Å². The van der Waals surface area contributed by atoms with E-state index in [0.29, 0.717) is 18.5 Å². The first-order chi connectivity index (χ1) is 13.7. The normalized spacial score (nSPS) is 18.2. The third-order valence-electron chi connectivity index (χ3n) is 5.17. The molecule has 2 aliphatic rings. The highest BCUT2D eigenvalue weighted by molar-refractivity contribution is 7.81. The molecule has 1 aliphatic carbocycles. The van der Waals surface area contributed by atoms with Crippen LogP contribution in [0.25, 0.3) is 0 Å². The fraction of sp³-hybridized carbons (Fsp3) is 0.278. The highest BCUT2D eigenvalue weighted by atomic mass is 32.1. The summed E-state index contributed by atoms with van der Waals surface area (Å²) in [5, 5.41) is 17.7. The Balaban J connectivity index is 1.82. The first-order valence-corrected chi connectivity index (χ1v) is 8.92. The number of aromatic nitrogens is 2. The topological polar surface area (TPSA) is 79.9 Å². The molecule has 2 aromatic heterocycles. The van der Waals surface area contributed by atoms with Gasteiger partial charge in [-0.1, -0.05) is 0 Å². The maximum absolute atomic E-state index is 13.4. The number of nitrogens with one attached hydrogen (secondary N) is 1. The Morgan fingerprint density at radius 2 is 1.86 bits per heavy atom. The van der Waals surface area contributed by atoms with Crippen molar-refractivity contribution in [1.82, 2.24) is 9.97 Å². The fourth-order valence-corrected chi connectivity index (χ4v) is 4.12. The molecule has 1 saturated carbocycles. The highest BCUT2D eigenvalue weighted by Crippen LogP contribution is 2.48. The Kier molecular flexibility index (Phi) is 4.27. The van der Waals surface area contributed by atoms with Crippen LogP contribution in [0.3, 0.4) is 0 Å². The summed E-state index contributed by atoms with van der Waals surface area (Å²) in [6.07, 6.45) is -0.481. The number of anilines is 2. The van der Waals surface area contributed by atoms with Crippen molar-refractivity contribution in [2.75, 3.05) is 9.80 Å². The van der Waals surface area contributed by atoms with Gasteiger partial charge in [0.15, 0.2) is 10.8 Å². The molecule has 4 rings (SSSR count). The van der Waals surface area contributed by atoms with E-state index in [-0.39, 0.29) is 16.6 Å². The van der Waals surface area contributed by atoms with Crippen LogP contribution in [0, 0.1) is 22.7 Å². The summed E-state index contributed by atoms with van der Waals surface area (Å²) < 4.78 is 53.3. The van der Waals surface area contributed by atoms with Gasteiger partial charge in [-0.15, -0.1) is 0 Å². The lowest BCUT2D eigenvalue weighted by Gasteiger charge is -2.44. The van der Waals surface area contributed by atoms with Crippen LogP contribution in [0.15, 0.2) is 30.6 Å². The minimum atomic E-state index is -4.79. The molecule has 0 aromatic carbocycles. The number of rotatable bonds is 2. The van der Waals surface area contributed by atoms with E-state index in [4.69, 9.17) is 22.9 Å². The number of hydrogen-bond acceptors (Lipinski definition) is 5. The van der Waals surface area contributed by atoms with Crippen LogP contribution < -0.4 is 9.80 Å². The summed E-state index contributed by atoms with van der Waals surface area (Å²) in [7, 11) is 0. The summed E-state index contributed by atoms with van der Waals surface area (Å²) in [4.78, 5) is 10.1. The zero-order chi connectivity index (χ0) is 21.0. The molecule has 0 amide bonds. The van der Waals surface area contributed by atoms with Gasteiger partial charge in [-0.05, 0) is 49.7 Å². The molecular weight excluding hydrogens is 408 g/mol. The largest absolute Gasteiger partial charge is 0.419 e. The molecule has 148 valence electrons. The molecule has 1 N–H and O–H groups in total. The third kappa shape index (κ3) is 2.82. The molecule has 0 atom stereocenters. The Bertz CT molecular complexity index is 1060. The molecule has 0 bridgehead atoms. The minimum Gasteiger partial charge on any atom is -0.303 e. The van der Waals surface area contributed by atoms with Crippen LogP contribution in [0.1, 0.15) is 30.5 Å². The van der Waals surface area contributed by atoms with Gasteiger partial charge >= 0.3 is 6.18 Å². The van der Waals surface area contributed by atoms with Crippen molar-refractivity contribution in [1.29, 1.82) is 10.7 Å². The average molecular weight is 420 g/mol. The Morgan fingerprint density at radius 3 is 2.38 bits per heavy atom. The first kappa shape index (κ1) is 19.2. The van der Waals surface area contributed by atoms with Crippen LogP contribution in [-0.4, -0.2) is 26.5 Å². The van der Waals surface area contributed by atoms with E-state index in [1.165, 1.54) is 23.2 Å². The van der Waals surface area contributed by atoms with Crippen LogP contribution >= 0.6 is 12.2 Å². The molecule has 2 fully saturated rings. The van der Waals surface area contributed by atoms with Crippen molar-refractivity contribution in [2.24, 2.45) is 0 Å². The SMILES string of the molecule is N#Cc1ncc(N2C(=N)C3(CCC3)N(c3ccc(F)nc3)C2=S)cc1C(F)(F)F. The summed E-state index contributed by atoms with van der Waals surface area (Å²) in [6.45, 7) is 0. The lowest BCUT2D eigenvalue weighted by atomic mass is 9.75. The number of halogens is 4. The molecule has 1 saturated heterocycles. The molecule has 2 aromatic rings. The number of hydrogen-bond donors (Lipinski definition) is 1. The molecule has 3 heterocycles. The number of thiocarbonyl (C=S) groups is 1. The summed E-state index contributed by atoms with van der Waals surface area (Å²) in [6, 6.07) is 4.82. The molecular formula is C18H12F4N6S. The van der Waals surface area contributed by atoms with Gasteiger partial charge in [-0.2, -0.15) is 22.8 Å². The predicted octanol–water partition coefficient (Wildman–Crippen LogP) is 4.02. The smallest absolute Gasteiger partial charge is 0.303 e. The van der Waals surface area contributed by atoms with Gasteiger partial charge in [0.05, 0.1) is 29.3 Å². The summed E-state index contributed by atoms with van der Waals surface area (Å²) >= 11 is 5.50. The van der Waals surface area contributed by atoms with Crippen molar-refractivity contribution in [3.63, 3.8) is 0 Å². The minimum absolute atomic E-state index is 0.0118. The van der Waals surface area contributed by atoms with Crippen molar-refractivity contribution in [3.05, 3.63) is 47.8 Å². The van der Waals surface area contributed by atoms with Crippen LogP contribution in [0.5, 0.6) is 0 Å². The monoisotopic (exact) mass is 420 g/mol. The van der Waals surface area contributed by atoms with Crippen LogP contribution in [0.4, 0.5) is 28.9 Å². The van der Waals surface area contributed by atoms with Crippen molar-refractivity contribution in [2.45, 2.75) is 31.0 Å². The number of pyridine rings is 2. The first-order valence-electron chi connectivity index (χ1n) is 8.51. The standard InChI is InChI=1S/C18H12F4N6S/c19-14-3-2-10(8-26-14)28-16(29)27(15(24)17(28)4-1-5-17)11-6-12(18(20,21)22)13(7-23)25-9-11/h2-3,6,8-9,24H,1,4-5H2. The third-order valence-corrected chi connectivity index (χ3v) is 5.53. The molecule has 11 heteroatoms. The molecule has 29 heavy (non-hydrogen) atoms. The van der Waals surface area contributed by atoms with Gasteiger partial charge in [0.2, 0.25) is 5.95 Å². The van der Waals surface area contributed by atoms with E-state index in [1.807, 2.05) is 0 Å². The molecule has 1 aliphatic heterocycles. The van der Waals surface area contributed by atoms with Gasteiger partial charge in [0, 0.05) is 0 Å². The van der Waals surface area contributed by atoms with E-state index < -0.39 is 28.9 Å². The fourth-order valence-electron chi connectivity index (χ4n) is 3.64. The number of nitrogens with zero attached hydrogens (tertiary/aromatic N) is 5. The molecule has 6 nitrogen and oxygen atoms in total. The maximum Gasteiger partial charge on any atom is 0.419 e. The van der Waals surface area contributed by atoms with E-state index >= 15 is 0 Å². The Hall–Kier alpha value is -3.13. The highest BCUT2D eigenvalue weighted by Gasteiger charge is 2.57. The second-order valence-electron chi connectivity index (χ2n) is 6.73. The van der Waals surface area contributed by atoms with Crippen molar-refractivity contribution in [3.8, 4) is 6.07 Å². The Morgan fingerprint density at radius 1 is 1.17 bits per heavy atom. The van der Waals surface area contributed by atoms with E-state index in [2.05, 4.69) is 9.97 Å². The van der Waals surface area contributed by atoms with Gasteiger partial charge in [-0.3, -0.25) is 10.3 Å². The number of alkyl halides is 3. The number of amidine groups is 1. The Labute approximate surface area is 167 Å². The second kappa shape index (κ2) is 6.45. The van der Waals surface area contributed by atoms with Crippen molar-refractivity contribution >= 4 is 34.5 Å². The van der Waals surface area contributed by atoms with Crippen LogP contribution in [0.2, 0.25) is 0 Å². The molecule has 0 radical (unpaired) electrons. The lowest BCUT2D eigenvalue weighted by molar-refractivity contribution is -0.138. The average Bonchev–Trinajstić information content (AvgIpc) is 2.88. The molecule has 1 spiro atoms. The van der Waals surface area contributed by atoms with Crippen LogP contribution in [-0.2, 0) is 6.18 Å². The van der Waals surface area contributed by atoms with E-state index in [1.54, 1.807) is 4.90 Å².